The molecular weight excluding hydrogens is 398 g/mol. The smallest absolute Gasteiger partial charge is 0.306 e. The lowest BCUT2D eigenvalue weighted by molar-refractivity contribution is -0.676. The zero-order valence-electron chi connectivity index (χ0n) is 19.6. The summed E-state index contributed by atoms with van der Waals surface area (Å²) in [5.41, 5.74) is 7.83. The summed E-state index contributed by atoms with van der Waals surface area (Å²) in [6, 6.07) is 6.07. The molecule has 0 aliphatic rings. The van der Waals surface area contributed by atoms with E-state index >= 15 is 0 Å². The molecule has 0 bridgehead atoms. The third-order valence-corrected chi connectivity index (χ3v) is 4.81. The highest BCUT2D eigenvalue weighted by Gasteiger charge is 2.23. The van der Waals surface area contributed by atoms with Crippen LogP contribution in [0.1, 0.15) is 46.4 Å². The van der Waals surface area contributed by atoms with E-state index in [9.17, 15) is 4.79 Å². The molecule has 1 aromatic heterocycles. The van der Waals surface area contributed by atoms with Crippen molar-refractivity contribution < 1.29 is 28.3 Å². The molecule has 0 saturated heterocycles. The number of benzene rings is 1. The Labute approximate surface area is 185 Å². The fourth-order valence-electron chi connectivity index (χ4n) is 3.51. The topological polar surface area (TPSA) is 88.8 Å². The van der Waals surface area contributed by atoms with Crippen molar-refractivity contribution in [2.75, 3.05) is 33.5 Å². The molecule has 0 unspecified atom stereocenters. The average Bonchev–Trinajstić information content (AvgIpc) is 3.02. The number of rotatable bonds is 13. The Morgan fingerprint density at radius 3 is 2.45 bits per heavy atom. The molecule has 2 N–H and O–H groups in total. The van der Waals surface area contributed by atoms with Gasteiger partial charge in [-0.15, -0.1) is 0 Å². The monoisotopic (exact) mass is 436 g/mol. The molecule has 0 atom stereocenters. The highest BCUT2D eigenvalue weighted by atomic mass is 16.6. The average molecular weight is 437 g/mol. The molecule has 8 nitrogen and oxygen atoms in total. The summed E-state index contributed by atoms with van der Waals surface area (Å²) in [7, 11) is 1.67. The molecule has 0 spiro atoms. The molecule has 31 heavy (non-hydrogen) atoms. The van der Waals surface area contributed by atoms with Gasteiger partial charge in [-0.25, -0.2) is 9.13 Å². The van der Waals surface area contributed by atoms with Crippen molar-refractivity contribution >= 4 is 17.0 Å². The van der Waals surface area contributed by atoms with Crippen LogP contribution < -0.4 is 15.0 Å². The first-order valence-electron chi connectivity index (χ1n) is 11.0. The van der Waals surface area contributed by atoms with E-state index < -0.39 is 5.60 Å². The minimum atomic E-state index is -0.442. The van der Waals surface area contributed by atoms with Gasteiger partial charge in [0.25, 0.3) is 5.82 Å². The number of nitrogens with two attached hydrogens (primary N) is 1. The fraction of sp³-hybridized carbons (Fsp3) is 0.652. The normalized spacial score (nSPS) is 11.8. The van der Waals surface area contributed by atoms with Gasteiger partial charge in [-0.1, -0.05) is 0 Å². The Morgan fingerprint density at radius 2 is 1.84 bits per heavy atom. The van der Waals surface area contributed by atoms with Crippen molar-refractivity contribution in [2.45, 2.75) is 65.8 Å². The predicted molar refractivity (Wildman–Crippen MR) is 119 cm³/mol. The molecule has 2 rings (SSSR count). The SMILES string of the molecule is CC[n+]1c(CN)n(CCOCCOCCCC(=O)OC(C)(C)C)c2cc(OC)ccc21. The molecule has 0 aliphatic heterocycles. The zero-order chi connectivity index (χ0) is 22.9. The van der Waals surface area contributed by atoms with E-state index in [1.54, 1.807) is 7.11 Å². The number of carbonyl (C=O) groups is 1. The number of esters is 1. The number of ether oxygens (including phenoxy) is 4. The van der Waals surface area contributed by atoms with Gasteiger partial charge in [0.1, 0.15) is 17.9 Å². The number of hydrogen-bond acceptors (Lipinski definition) is 6. The minimum absolute atomic E-state index is 0.192. The van der Waals surface area contributed by atoms with Crippen molar-refractivity contribution in [1.29, 1.82) is 0 Å². The lowest BCUT2D eigenvalue weighted by Gasteiger charge is -2.19. The molecule has 0 saturated carbocycles. The summed E-state index contributed by atoms with van der Waals surface area (Å²) in [6.45, 7) is 11.8. The Kier molecular flexibility index (Phi) is 9.74. The number of aryl methyl sites for hydroxylation is 1. The predicted octanol–water partition coefficient (Wildman–Crippen LogP) is 2.57. The van der Waals surface area contributed by atoms with Crippen LogP contribution in [-0.2, 0) is 38.6 Å². The summed E-state index contributed by atoms with van der Waals surface area (Å²) in [6.07, 6.45) is 1.00. The first-order chi connectivity index (χ1) is 14.8. The standard InChI is InChI=1S/C23H38N3O5/c1-6-25-19-10-9-18(28-5)16-20(19)26(21(25)17-24)11-13-30-15-14-29-12-7-8-22(27)31-23(2,3)4/h9-10,16H,6-8,11-15,17,24H2,1-5H3/q+1. The highest BCUT2D eigenvalue weighted by Crippen LogP contribution is 2.21. The number of methoxy groups -OCH3 is 1. The van der Waals surface area contributed by atoms with Crippen molar-refractivity contribution in [3.63, 3.8) is 0 Å². The van der Waals surface area contributed by atoms with Crippen LogP contribution in [-0.4, -0.2) is 49.7 Å². The molecular formula is C23H38N3O5+. The second kappa shape index (κ2) is 12.0. The Bertz CT molecular complexity index is 842. The van der Waals surface area contributed by atoms with E-state index in [0.717, 1.165) is 29.2 Å². The van der Waals surface area contributed by atoms with Crippen molar-refractivity contribution in [3.8, 4) is 5.75 Å². The summed E-state index contributed by atoms with van der Waals surface area (Å²) < 4.78 is 26.4. The Balaban J connectivity index is 1.76. The third-order valence-electron chi connectivity index (χ3n) is 4.81. The first kappa shape index (κ1) is 25.1. The maximum absolute atomic E-state index is 11.7. The van der Waals surface area contributed by atoms with E-state index in [0.29, 0.717) is 52.4 Å². The van der Waals surface area contributed by atoms with Crippen LogP contribution in [0.4, 0.5) is 0 Å². The maximum atomic E-state index is 11.7. The summed E-state index contributed by atoms with van der Waals surface area (Å²) in [5.74, 6) is 1.69. The summed E-state index contributed by atoms with van der Waals surface area (Å²) in [4.78, 5) is 11.7. The second-order valence-electron chi connectivity index (χ2n) is 8.29. The van der Waals surface area contributed by atoms with Crippen LogP contribution in [0.25, 0.3) is 11.0 Å². The van der Waals surface area contributed by atoms with Gasteiger partial charge in [-0.3, -0.25) is 4.79 Å². The third kappa shape index (κ3) is 7.48. The lowest BCUT2D eigenvalue weighted by Crippen LogP contribution is -2.38. The number of fused-ring (bicyclic) bond motifs is 1. The van der Waals surface area contributed by atoms with Gasteiger partial charge in [0.15, 0.2) is 11.0 Å². The highest BCUT2D eigenvalue weighted by molar-refractivity contribution is 5.74. The molecule has 1 heterocycles. The van der Waals surface area contributed by atoms with Crippen molar-refractivity contribution in [3.05, 3.63) is 24.0 Å². The van der Waals surface area contributed by atoms with Crippen LogP contribution in [0.5, 0.6) is 5.75 Å². The molecule has 0 radical (unpaired) electrons. The first-order valence-corrected chi connectivity index (χ1v) is 11.0. The molecule has 0 fully saturated rings. The molecule has 0 aliphatic carbocycles. The van der Waals surface area contributed by atoms with E-state index in [1.165, 1.54) is 0 Å². The molecule has 174 valence electrons. The number of imidazole rings is 1. The fourth-order valence-corrected chi connectivity index (χ4v) is 3.51. The van der Waals surface area contributed by atoms with Crippen LogP contribution in [0.15, 0.2) is 18.2 Å². The van der Waals surface area contributed by atoms with Crippen LogP contribution in [0.2, 0.25) is 0 Å². The minimum Gasteiger partial charge on any atom is -0.497 e. The summed E-state index contributed by atoms with van der Waals surface area (Å²) in [5, 5.41) is 0. The lowest BCUT2D eigenvalue weighted by atomic mass is 10.2. The van der Waals surface area contributed by atoms with E-state index in [4.69, 9.17) is 24.7 Å². The van der Waals surface area contributed by atoms with Crippen molar-refractivity contribution in [2.24, 2.45) is 5.73 Å². The van der Waals surface area contributed by atoms with Crippen LogP contribution >= 0.6 is 0 Å². The number of carbonyl (C=O) groups excluding carboxylic acids is 1. The van der Waals surface area contributed by atoms with Gasteiger partial charge in [0.2, 0.25) is 0 Å². The number of hydrogen-bond donors (Lipinski definition) is 1. The van der Waals surface area contributed by atoms with Crippen LogP contribution in [0.3, 0.4) is 0 Å². The van der Waals surface area contributed by atoms with Gasteiger partial charge in [0.05, 0.1) is 40.0 Å². The Hall–Kier alpha value is -2.16. The van der Waals surface area contributed by atoms with Gasteiger partial charge < -0.3 is 24.7 Å². The summed E-state index contributed by atoms with van der Waals surface area (Å²) >= 11 is 0. The van der Waals surface area contributed by atoms with E-state index in [2.05, 4.69) is 22.1 Å². The van der Waals surface area contributed by atoms with Gasteiger partial charge in [0, 0.05) is 19.1 Å². The number of nitrogens with zero attached hydrogens (tertiary/aromatic N) is 2. The Morgan fingerprint density at radius 1 is 1.13 bits per heavy atom. The van der Waals surface area contributed by atoms with Crippen molar-refractivity contribution in [1.82, 2.24) is 4.57 Å². The molecule has 1 aromatic carbocycles. The number of aromatic nitrogens is 2. The second-order valence-corrected chi connectivity index (χ2v) is 8.29. The van der Waals surface area contributed by atoms with E-state index in [-0.39, 0.29) is 5.97 Å². The molecule has 2 aromatic rings. The van der Waals surface area contributed by atoms with E-state index in [1.807, 2.05) is 32.9 Å². The zero-order valence-corrected chi connectivity index (χ0v) is 19.6. The molecule has 0 amide bonds. The maximum Gasteiger partial charge on any atom is 0.306 e. The largest absolute Gasteiger partial charge is 0.497 e. The van der Waals surface area contributed by atoms with Gasteiger partial charge in [-0.05, 0) is 46.2 Å². The van der Waals surface area contributed by atoms with Crippen LogP contribution in [0, 0.1) is 0 Å². The van der Waals surface area contributed by atoms with Gasteiger partial charge >= 0.3 is 5.97 Å². The molecule has 8 heteroatoms. The van der Waals surface area contributed by atoms with Gasteiger partial charge in [-0.2, -0.15) is 0 Å². The quantitative estimate of drug-likeness (QED) is 0.295.